The molecule has 1 fully saturated rings. The number of piperidine rings is 1. The van der Waals surface area contributed by atoms with Gasteiger partial charge in [0.1, 0.15) is 0 Å². The number of aromatic nitrogens is 1. The molecule has 3 rings (SSSR count). The van der Waals surface area contributed by atoms with Gasteiger partial charge in [-0.2, -0.15) is 0 Å². The van der Waals surface area contributed by atoms with Crippen LogP contribution in [0, 0.1) is 5.92 Å². The highest BCUT2D eigenvalue weighted by molar-refractivity contribution is 7.10. The van der Waals surface area contributed by atoms with E-state index in [-0.39, 0.29) is 0 Å². The molecule has 0 saturated carbocycles. The molecule has 0 amide bonds. The molecule has 1 aliphatic heterocycles. The molecule has 0 radical (unpaired) electrons. The Morgan fingerprint density at radius 1 is 1.31 bits per heavy atom. The summed E-state index contributed by atoms with van der Waals surface area (Å²) in [5.41, 5.74) is 1.24. The fourth-order valence-electron chi connectivity index (χ4n) is 3.21. The van der Waals surface area contributed by atoms with E-state index in [1.165, 1.54) is 28.4 Å². The van der Waals surface area contributed by atoms with Crippen LogP contribution in [0.5, 0.6) is 0 Å². The van der Waals surface area contributed by atoms with Crippen LogP contribution in [-0.2, 0) is 19.5 Å². The lowest BCUT2D eigenvalue weighted by Crippen LogP contribution is -2.42. The number of thiazole rings is 1. The Labute approximate surface area is 164 Å². The van der Waals surface area contributed by atoms with E-state index in [9.17, 15) is 0 Å². The first kappa shape index (κ1) is 19.3. The van der Waals surface area contributed by atoms with Gasteiger partial charge in [-0.15, -0.1) is 22.7 Å². The Balaban J connectivity index is 1.35. The van der Waals surface area contributed by atoms with Gasteiger partial charge in [0.05, 0.1) is 17.2 Å². The summed E-state index contributed by atoms with van der Waals surface area (Å²) in [6, 6.07) is 4.23. The minimum Gasteiger partial charge on any atom is -0.356 e. The Morgan fingerprint density at radius 3 is 2.81 bits per heavy atom. The summed E-state index contributed by atoms with van der Waals surface area (Å²) in [6.45, 7) is 7.32. The van der Waals surface area contributed by atoms with Gasteiger partial charge in [0.15, 0.2) is 5.96 Å². The number of hydrogen-bond acceptors (Lipinski definition) is 5. The summed E-state index contributed by atoms with van der Waals surface area (Å²) in [5, 5.41) is 12.5. The van der Waals surface area contributed by atoms with Gasteiger partial charge in [-0.05, 0) is 49.7 Å². The van der Waals surface area contributed by atoms with E-state index >= 15 is 0 Å². The summed E-state index contributed by atoms with van der Waals surface area (Å²) in [4.78, 5) is 12.9. The minimum absolute atomic E-state index is 0.716. The molecule has 2 aromatic rings. The standard InChI is InChI=1S/C19H29N5S2/c1-3-18-23-16(14-26-18)13-24-8-6-15(7-9-24)11-21-19(20-2)22-12-17-5-4-10-25-17/h4-5,10,14-15H,3,6-9,11-13H2,1-2H3,(H2,20,21,22). The van der Waals surface area contributed by atoms with E-state index in [1.807, 2.05) is 7.05 Å². The fourth-order valence-corrected chi connectivity index (χ4v) is 4.59. The maximum Gasteiger partial charge on any atom is 0.191 e. The van der Waals surface area contributed by atoms with Crippen LogP contribution in [0.15, 0.2) is 27.9 Å². The molecule has 2 N–H and O–H groups in total. The Kier molecular flexibility index (Phi) is 7.46. The van der Waals surface area contributed by atoms with Crippen molar-refractivity contribution in [2.75, 3.05) is 26.7 Å². The van der Waals surface area contributed by atoms with Crippen LogP contribution in [-0.4, -0.2) is 42.5 Å². The van der Waals surface area contributed by atoms with Crippen LogP contribution in [0.25, 0.3) is 0 Å². The Hall–Kier alpha value is -1.44. The predicted octanol–water partition coefficient (Wildman–Crippen LogP) is 3.34. The molecular formula is C19H29N5S2. The number of thiophene rings is 1. The maximum atomic E-state index is 4.70. The van der Waals surface area contributed by atoms with Crippen LogP contribution in [0.2, 0.25) is 0 Å². The normalized spacial score (nSPS) is 16.8. The van der Waals surface area contributed by atoms with E-state index < -0.39 is 0 Å². The quantitative estimate of drug-likeness (QED) is 0.561. The van der Waals surface area contributed by atoms with Gasteiger partial charge in [-0.1, -0.05) is 13.0 Å². The first-order valence-corrected chi connectivity index (χ1v) is 11.1. The third-order valence-corrected chi connectivity index (χ3v) is 6.70. The van der Waals surface area contributed by atoms with Gasteiger partial charge in [0.2, 0.25) is 0 Å². The van der Waals surface area contributed by atoms with Gasteiger partial charge < -0.3 is 10.6 Å². The molecule has 2 aromatic heterocycles. The minimum atomic E-state index is 0.716. The van der Waals surface area contributed by atoms with E-state index in [0.29, 0.717) is 5.92 Å². The fraction of sp³-hybridized carbons (Fsp3) is 0.579. The molecule has 1 saturated heterocycles. The lowest BCUT2D eigenvalue weighted by Gasteiger charge is -2.31. The SMILES string of the molecule is CCc1nc(CN2CCC(CNC(=NC)NCc3cccs3)CC2)cs1. The molecule has 0 aliphatic carbocycles. The molecule has 26 heavy (non-hydrogen) atoms. The van der Waals surface area contributed by atoms with Gasteiger partial charge in [0.25, 0.3) is 0 Å². The van der Waals surface area contributed by atoms with Gasteiger partial charge in [0, 0.05) is 30.4 Å². The van der Waals surface area contributed by atoms with Gasteiger partial charge in [-0.3, -0.25) is 9.89 Å². The highest BCUT2D eigenvalue weighted by Gasteiger charge is 2.20. The van der Waals surface area contributed by atoms with E-state index in [1.54, 1.807) is 22.7 Å². The summed E-state index contributed by atoms with van der Waals surface area (Å²) in [7, 11) is 1.84. The monoisotopic (exact) mass is 391 g/mol. The smallest absolute Gasteiger partial charge is 0.191 e. The van der Waals surface area contributed by atoms with Crippen LogP contribution < -0.4 is 10.6 Å². The van der Waals surface area contributed by atoms with E-state index in [0.717, 1.165) is 45.1 Å². The lowest BCUT2D eigenvalue weighted by atomic mass is 9.97. The molecule has 0 atom stereocenters. The average Bonchev–Trinajstić information content (AvgIpc) is 3.35. The maximum absolute atomic E-state index is 4.70. The molecule has 3 heterocycles. The van der Waals surface area contributed by atoms with Crippen molar-refractivity contribution in [1.82, 2.24) is 20.5 Å². The van der Waals surface area contributed by atoms with Crippen LogP contribution in [0.1, 0.15) is 35.3 Å². The molecular weight excluding hydrogens is 362 g/mol. The zero-order chi connectivity index (χ0) is 18.2. The molecule has 5 nitrogen and oxygen atoms in total. The molecule has 0 bridgehead atoms. The number of nitrogens with zero attached hydrogens (tertiary/aromatic N) is 3. The number of aliphatic imine (C=N–C) groups is 1. The molecule has 0 spiro atoms. The second-order valence-corrected chi connectivity index (χ2v) is 8.67. The molecule has 142 valence electrons. The highest BCUT2D eigenvalue weighted by atomic mass is 32.1. The summed E-state index contributed by atoms with van der Waals surface area (Å²) in [6.07, 6.45) is 3.51. The number of aryl methyl sites for hydroxylation is 1. The third-order valence-electron chi connectivity index (χ3n) is 4.79. The zero-order valence-electron chi connectivity index (χ0n) is 15.7. The van der Waals surface area contributed by atoms with Crippen LogP contribution in [0.3, 0.4) is 0 Å². The molecule has 7 heteroatoms. The van der Waals surface area contributed by atoms with Crippen molar-refractivity contribution in [3.63, 3.8) is 0 Å². The Bertz CT molecular complexity index is 672. The van der Waals surface area contributed by atoms with Gasteiger partial charge in [-0.25, -0.2) is 4.98 Å². The summed E-state index contributed by atoms with van der Waals surface area (Å²) in [5.74, 6) is 1.61. The summed E-state index contributed by atoms with van der Waals surface area (Å²) >= 11 is 3.56. The highest BCUT2D eigenvalue weighted by Crippen LogP contribution is 2.19. The van der Waals surface area contributed by atoms with Crippen molar-refractivity contribution in [3.05, 3.63) is 38.5 Å². The topological polar surface area (TPSA) is 52.6 Å². The second-order valence-electron chi connectivity index (χ2n) is 6.69. The number of guanidine groups is 1. The van der Waals surface area contributed by atoms with E-state index in [2.05, 4.69) is 50.3 Å². The van der Waals surface area contributed by atoms with Crippen molar-refractivity contribution in [2.45, 2.75) is 39.3 Å². The zero-order valence-corrected chi connectivity index (χ0v) is 17.3. The second kappa shape index (κ2) is 10.0. The number of likely N-dealkylation sites (tertiary alicyclic amines) is 1. The van der Waals surface area contributed by atoms with Crippen molar-refractivity contribution in [3.8, 4) is 0 Å². The van der Waals surface area contributed by atoms with Crippen molar-refractivity contribution < 1.29 is 0 Å². The Morgan fingerprint density at radius 2 is 2.15 bits per heavy atom. The van der Waals surface area contributed by atoms with Crippen LogP contribution in [0.4, 0.5) is 0 Å². The van der Waals surface area contributed by atoms with Crippen molar-refractivity contribution in [1.29, 1.82) is 0 Å². The van der Waals surface area contributed by atoms with Gasteiger partial charge >= 0.3 is 0 Å². The first-order valence-electron chi connectivity index (χ1n) is 9.39. The van der Waals surface area contributed by atoms with E-state index in [4.69, 9.17) is 4.98 Å². The third kappa shape index (κ3) is 5.79. The average molecular weight is 392 g/mol. The first-order chi connectivity index (χ1) is 12.8. The van der Waals surface area contributed by atoms with Crippen molar-refractivity contribution >= 4 is 28.6 Å². The number of hydrogen-bond donors (Lipinski definition) is 2. The molecule has 0 unspecified atom stereocenters. The summed E-state index contributed by atoms with van der Waals surface area (Å²) < 4.78 is 0. The van der Waals surface area contributed by atoms with Crippen LogP contribution >= 0.6 is 22.7 Å². The van der Waals surface area contributed by atoms with Crippen molar-refractivity contribution in [2.24, 2.45) is 10.9 Å². The largest absolute Gasteiger partial charge is 0.356 e. The number of nitrogens with one attached hydrogen (secondary N) is 2. The lowest BCUT2D eigenvalue weighted by molar-refractivity contribution is 0.176. The predicted molar refractivity (Wildman–Crippen MR) is 112 cm³/mol. The number of rotatable bonds is 7. The molecule has 0 aromatic carbocycles. The molecule has 1 aliphatic rings.